The van der Waals surface area contributed by atoms with E-state index in [1.807, 2.05) is 0 Å². The number of nitriles is 1. The number of likely N-dealkylation sites (tertiary alicyclic amines) is 2. The molecule has 2 rings (SSSR count). The molecule has 0 aliphatic carbocycles. The SMILES string of the molecule is CCC(C)N1CCC(N2CCC(C#N)C2)C1. The highest BCUT2D eigenvalue weighted by atomic mass is 15.3. The topological polar surface area (TPSA) is 30.3 Å². The van der Waals surface area contributed by atoms with E-state index in [0.717, 1.165) is 25.6 Å². The summed E-state index contributed by atoms with van der Waals surface area (Å²) in [6, 6.07) is 3.84. The number of rotatable bonds is 3. The van der Waals surface area contributed by atoms with E-state index in [1.165, 1.54) is 25.9 Å². The van der Waals surface area contributed by atoms with Gasteiger partial charge in [-0.15, -0.1) is 0 Å². The Morgan fingerprint density at radius 1 is 1.31 bits per heavy atom. The van der Waals surface area contributed by atoms with Crippen molar-refractivity contribution < 1.29 is 0 Å². The Bertz CT molecular complexity index is 271. The molecular formula is C13H23N3. The maximum absolute atomic E-state index is 8.92. The van der Waals surface area contributed by atoms with E-state index in [-0.39, 0.29) is 5.92 Å². The lowest BCUT2D eigenvalue weighted by Crippen LogP contribution is -2.38. The average molecular weight is 221 g/mol. The van der Waals surface area contributed by atoms with Crippen LogP contribution in [0.25, 0.3) is 0 Å². The van der Waals surface area contributed by atoms with Crippen LogP contribution in [-0.4, -0.2) is 48.1 Å². The summed E-state index contributed by atoms with van der Waals surface area (Å²) in [5.41, 5.74) is 0. The number of nitrogens with zero attached hydrogens (tertiary/aromatic N) is 3. The van der Waals surface area contributed by atoms with Gasteiger partial charge in [-0.3, -0.25) is 9.80 Å². The van der Waals surface area contributed by atoms with Crippen molar-refractivity contribution in [2.45, 2.75) is 45.2 Å². The normalized spacial score (nSPS) is 34.1. The second-order valence-corrected chi connectivity index (χ2v) is 5.30. The highest BCUT2D eigenvalue weighted by Gasteiger charge is 2.33. The van der Waals surface area contributed by atoms with E-state index in [1.54, 1.807) is 0 Å². The van der Waals surface area contributed by atoms with Crippen LogP contribution in [0.2, 0.25) is 0 Å². The monoisotopic (exact) mass is 221 g/mol. The van der Waals surface area contributed by atoms with E-state index >= 15 is 0 Å². The fourth-order valence-electron chi connectivity index (χ4n) is 2.95. The van der Waals surface area contributed by atoms with E-state index in [4.69, 9.17) is 5.26 Å². The zero-order valence-electron chi connectivity index (χ0n) is 10.5. The van der Waals surface area contributed by atoms with Gasteiger partial charge in [-0.1, -0.05) is 6.92 Å². The lowest BCUT2D eigenvalue weighted by molar-refractivity contribution is 0.202. The summed E-state index contributed by atoms with van der Waals surface area (Å²) in [7, 11) is 0. The van der Waals surface area contributed by atoms with Gasteiger partial charge in [0, 0.05) is 31.7 Å². The zero-order valence-corrected chi connectivity index (χ0v) is 10.5. The first-order valence-electron chi connectivity index (χ1n) is 6.62. The van der Waals surface area contributed by atoms with Crippen molar-refractivity contribution in [3.63, 3.8) is 0 Å². The fourth-order valence-corrected chi connectivity index (χ4v) is 2.95. The molecule has 16 heavy (non-hydrogen) atoms. The molecule has 2 fully saturated rings. The van der Waals surface area contributed by atoms with E-state index in [2.05, 4.69) is 29.7 Å². The van der Waals surface area contributed by atoms with Gasteiger partial charge in [-0.05, 0) is 32.7 Å². The summed E-state index contributed by atoms with van der Waals surface area (Å²) in [6.45, 7) is 9.19. The summed E-state index contributed by atoms with van der Waals surface area (Å²) in [5, 5.41) is 8.92. The maximum atomic E-state index is 8.92. The zero-order chi connectivity index (χ0) is 11.5. The van der Waals surface area contributed by atoms with Crippen LogP contribution >= 0.6 is 0 Å². The Morgan fingerprint density at radius 2 is 2.12 bits per heavy atom. The molecule has 3 heteroatoms. The Labute approximate surface area is 99.0 Å². The Hall–Kier alpha value is -0.590. The van der Waals surface area contributed by atoms with Gasteiger partial charge in [0.1, 0.15) is 0 Å². The first kappa shape index (κ1) is 11.9. The van der Waals surface area contributed by atoms with Crippen LogP contribution in [0.5, 0.6) is 0 Å². The van der Waals surface area contributed by atoms with Crippen LogP contribution in [-0.2, 0) is 0 Å². The molecule has 0 saturated carbocycles. The van der Waals surface area contributed by atoms with Crippen molar-refractivity contribution in [1.29, 1.82) is 5.26 Å². The van der Waals surface area contributed by atoms with E-state index in [0.29, 0.717) is 6.04 Å². The maximum Gasteiger partial charge on any atom is 0.0669 e. The quantitative estimate of drug-likeness (QED) is 0.726. The van der Waals surface area contributed by atoms with Crippen molar-refractivity contribution in [3.05, 3.63) is 0 Å². The molecule has 0 aromatic rings. The standard InChI is InChI=1S/C13H23N3/c1-3-11(2)15-7-5-13(10-15)16-6-4-12(8-14)9-16/h11-13H,3-7,9-10H2,1-2H3. The Balaban J connectivity index is 1.83. The molecule has 3 nitrogen and oxygen atoms in total. The van der Waals surface area contributed by atoms with Crippen LogP contribution in [0.1, 0.15) is 33.1 Å². The highest BCUT2D eigenvalue weighted by Crippen LogP contribution is 2.24. The summed E-state index contributed by atoms with van der Waals surface area (Å²) in [6.07, 6.45) is 3.62. The fraction of sp³-hybridized carbons (Fsp3) is 0.923. The van der Waals surface area contributed by atoms with Gasteiger partial charge in [0.15, 0.2) is 0 Å². The molecule has 0 N–H and O–H groups in total. The summed E-state index contributed by atoms with van der Waals surface area (Å²) in [5.74, 6) is 0.289. The molecule has 3 atom stereocenters. The summed E-state index contributed by atoms with van der Waals surface area (Å²) >= 11 is 0. The molecule has 0 spiro atoms. The second kappa shape index (κ2) is 5.16. The van der Waals surface area contributed by atoms with Crippen molar-refractivity contribution in [2.24, 2.45) is 5.92 Å². The van der Waals surface area contributed by atoms with Crippen molar-refractivity contribution >= 4 is 0 Å². The molecule has 2 saturated heterocycles. The van der Waals surface area contributed by atoms with Crippen LogP contribution in [0.3, 0.4) is 0 Å². The van der Waals surface area contributed by atoms with E-state index in [9.17, 15) is 0 Å². The summed E-state index contributed by atoms with van der Waals surface area (Å²) in [4.78, 5) is 5.14. The van der Waals surface area contributed by atoms with Gasteiger partial charge in [-0.25, -0.2) is 0 Å². The predicted molar refractivity (Wildman–Crippen MR) is 65.0 cm³/mol. The molecule has 0 bridgehead atoms. The molecule has 0 amide bonds. The molecule has 0 aromatic carbocycles. The largest absolute Gasteiger partial charge is 0.299 e. The average Bonchev–Trinajstić information content (AvgIpc) is 2.95. The van der Waals surface area contributed by atoms with Gasteiger partial charge in [0.05, 0.1) is 12.0 Å². The lowest BCUT2D eigenvalue weighted by atomic mass is 10.1. The first-order chi connectivity index (χ1) is 7.74. The van der Waals surface area contributed by atoms with E-state index < -0.39 is 0 Å². The van der Waals surface area contributed by atoms with Gasteiger partial charge in [-0.2, -0.15) is 5.26 Å². The molecule has 0 aromatic heterocycles. The predicted octanol–water partition coefficient (Wildman–Crippen LogP) is 1.70. The molecule has 2 aliphatic rings. The molecule has 2 heterocycles. The first-order valence-corrected chi connectivity index (χ1v) is 6.62. The Kier molecular flexibility index (Phi) is 3.83. The van der Waals surface area contributed by atoms with Crippen molar-refractivity contribution in [2.75, 3.05) is 26.2 Å². The molecule has 90 valence electrons. The second-order valence-electron chi connectivity index (χ2n) is 5.30. The minimum Gasteiger partial charge on any atom is -0.299 e. The molecule has 2 aliphatic heterocycles. The third-order valence-corrected chi connectivity index (χ3v) is 4.33. The van der Waals surface area contributed by atoms with Crippen LogP contribution in [0, 0.1) is 17.2 Å². The number of hydrogen-bond acceptors (Lipinski definition) is 3. The third kappa shape index (κ3) is 2.39. The van der Waals surface area contributed by atoms with Crippen molar-refractivity contribution in [3.8, 4) is 6.07 Å². The molecule has 3 unspecified atom stereocenters. The number of hydrogen-bond donors (Lipinski definition) is 0. The Morgan fingerprint density at radius 3 is 2.75 bits per heavy atom. The van der Waals surface area contributed by atoms with Crippen LogP contribution in [0.15, 0.2) is 0 Å². The van der Waals surface area contributed by atoms with Gasteiger partial charge >= 0.3 is 0 Å². The minimum absolute atomic E-state index is 0.289. The smallest absolute Gasteiger partial charge is 0.0669 e. The van der Waals surface area contributed by atoms with Gasteiger partial charge in [0.25, 0.3) is 0 Å². The summed E-state index contributed by atoms with van der Waals surface area (Å²) < 4.78 is 0. The lowest BCUT2D eigenvalue weighted by Gasteiger charge is -2.26. The van der Waals surface area contributed by atoms with Gasteiger partial charge < -0.3 is 0 Å². The third-order valence-electron chi connectivity index (χ3n) is 4.33. The molecular weight excluding hydrogens is 198 g/mol. The van der Waals surface area contributed by atoms with Gasteiger partial charge in [0.2, 0.25) is 0 Å². The molecule has 0 radical (unpaired) electrons. The van der Waals surface area contributed by atoms with Crippen LogP contribution < -0.4 is 0 Å². The van der Waals surface area contributed by atoms with Crippen molar-refractivity contribution in [1.82, 2.24) is 9.80 Å². The van der Waals surface area contributed by atoms with Crippen LogP contribution in [0.4, 0.5) is 0 Å². The minimum atomic E-state index is 0.289. The highest BCUT2D eigenvalue weighted by molar-refractivity contribution is 4.95.